The fraction of sp³-hybridized carbons (Fsp3) is 0.478. The lowest BCUT2D eigenvalue weighted by Gasteiger charge is -2.15. The molecule has 2 heterocycles. The third-order valence-electron chi connectivity index (χ3n) is 10.8. The largest absolute Gasteiger partial charge is 0.497 e. The van der Waals surface area contributed by atoms with Gasteiger partial charge in [-0.2, -0.15) is 0 Å². The van der Waals surface area contributed by atoms with Crippen molar-refractivity contribution in [2.45, 2.75) is 118 Å². The summed E-state index contributed by atoms with van der Waals surface area (Å²) in [6.07, 6.45) is 15.3. The predicted molar refractivity (Wildman–Crippen MR) is 221 cm³/mol. The number of unbranched alkanes of at least 4 members (excludes halogenated alkanes) is 10. The summed E-state index contributed by atoms with van der Waals surface area (Å²) >= 11 is 0. The molecule has 5 aromatic rings. The predicted octanol–water partition coefficient (Wildman–Crippen LogP) is 12.1. The van der Waals surface area contributed by atoms with Crippen molar-refractivity contribution in [1.29, 1.82) is 0 Å². The van der Waals surface area contributed by atoms with E-state index in [9.17, 15) is 9.59 Å². The lowest BCUT2D eigenvalue weighted by molar-refractivity contribution is 0.0934. The van der Waals surface area contributed by atoms with E-state index >= 15 is 0 Å². The van der Waals surface area contributed by atoms with E-state index in [2.05, 4.69) is 26.0 Å². The number of carbonyl (C=O) groups excluding carboxylic acids is 2. The highest BCUT2D eigenvalue weighted by molar-refractivity contribution is 6.11. The van der Waals surface area contributed by atoms with Crippen LogP contribution in [0.2, 0.25) is 0 Å². The second-order valence-corrected chi connectivity index (χ2v) is 14.4. The van der Waals surface area contributed by atoms with Gasteiger partial charge in [0.1, 0.15) is 23.0 Å². The summed E-state index contributed by atoms with van der Waals surface area (Å²) < 4.78 is 26.9. The number of hydrogen-bond acceptors (Lipinski definition) is 6. The third kappa shape index (κ3) is 8.48. The summed E-state index contributed by atoms with van der Waals surface area (Å²) in [6, 6.07) is 15.8. The average Bonchev–Trinajstić information content (AvgIpc) is 3.67. The van der Waals surface area contributed by atoms with Crippen LogP contribution in [0, 0.1) is 0 Å². The number of aromatic nitrogens is 2. The van der Waals surface area contributed by atoms with Crippen LogP contribution in [0.5, 0.6) is 23.0 Å². The van der Waals surface area contributed by atoms with Crippen LogP contribution in [-0.2, 0) is 12.8 Å². The van der Waals surface area contributed by atoms with Crippen LogP contribution >= 0.6 is 0 Å². The van der Waals surface area contributed by atoms with E-state index in [1.807, 2.05) is 45.5 Å². The molecular formula is C46H60N2O6. The zero-order chi connectivity index (χ0) is 38.8. The smallest absolute Gasteiger partial charge is 0.228 e. The van der Waals surface area contributed by atoms with Crippen molar-refractivity contribution in [3.8, 4) is 45.5 Å². The summed E-state index contributed by atoms with van der Waals surface area (Å²) in [5.74, 6) is 2.52. The zero-order valence-corrected chi connectivity index (χ0v) is 33.9. The van der Waals surface area contributed by atoms with Gasteiger partial charge in [0.25, 0.3) is 0 Å². The Hall–Kier alpha value is -4.72. The minimum absolute atomic E-state index is 0.0911. The Kier molecular flexibility index (Phi) is 14.3. The van der Waals surface area contributed by atoms with Crippen molar-refractivity contribution in [2.24, 2.45) is 0 Å². The van der Waals surface area contributed by atoms with Crippen molar-refractivity contribution in [3.05, 3.63) is 59.7 Å². The highest BCUT2D eigenvalue weighted by atomic mass is 16.5. The molecule has 0 aliphatic rings. The molecule has 2 aromatic heterocycles. The van der Waals surface area contributed by atoms with Gasteiger partial charge in [0.2, 0.25) is 11.8 Å². The van der Waals surface area contributed by atoms with Crippen molar-refractivity contribution in [2.75, 3.05) is 28.4 Å². The molecule has 8 nitrogen and oxygen atoms in total. The average molecular weight is 737 g/mol. The maximum atomic E-state index is 13.9. The molecule has 290 valence electrons. The molecule has 0 radical (unpaired) electrons. The Morgan fingerprint density at radius 2 is 0.870 bits per heavy atom. The molecule has 0 atom stereocenters. The second kappa shape index (κ2) is 19.0. The van der Waals surface area contributed by atoms with Gasteiger partial charge in [0, 0.05) is 35.7 Å². The third-order valence-corrected chi connectivity index (χ3v) is 10.8. The summed E-state index contributed by atoms with van der Waals surface area (Å²) in [6.45, 7) is 7.71. The van der Waals surface area contributed by atoms with Crippen LogP contribution in [0.3, 0.4) is 0 Å². The molecule has 0 aliphatic carbocycles. The van der Waals surface area contributed by atoms with Gasteiger partial charge in [-0.3, -0.25) is 18.7 Å². The van der Waals surface area contributed by atoms with E-state index in [4.69, 9.17) is 18.9 Å². The molecule has 8 heteroatoms. The van der Waals surface area contributed by atoms with Crippen LogP contribution in [-0.4, -0.2) is 49.4 Å². The molecule has 0 N–H and O–H groups in total. The summed E-state index contributed by atoms with van der Waals surface area (Å²) in [5.41, 5.74) is 7.02. The first kappa shape index (κ1) is 40.5. The maximum absolute atomic E-state index is 13.9. The number of hydrogen-bond donors (Lipinski definition) is 0. The number of carbonyl (C=O) groups is 2. The second-order valence-electron chi connectivity index (χ2n) is 14.4. The molecule has 0 bridgehead atoms. The molecule has 3 aromatic carbocycles. The van der Waals surface area contributed by atoms with Crippen LogP contribution in [0.1, 0.15) is 125 Å². The van der Waals surface area contributed by atoms with Crippen molar-refractivity contribution in [3.63, 3.8) is 0 Å². The molecular weight excluding hydrogens is 677 g/mol. The van der Waals surface area contributed by atoms with Gasteiger partial charge >= 0.3 is 0 Å². The van der Waals surface area contributed by atoms with Crippen LogP contribution in [0.15, 0.2) is 48.5 Å². The standard InChI is InChI=1S/C46H60N2O6/c1-9-11-13-15-17-19-21-35-37-29-42-38(30-41(37)47(31(3)49)45(35)39-27-33(51-5)23-25-43(39)53-7)36(22-20-18-16-14-12-10-2)46(48(42)32(4)50)40-28-34(52-6)24-26-44(40)54-8/h23-30H,9-22H2,1-8H3. The number of ether oxygens (including phenoxy) is 4. The number of aryl methyl sites for hydroxylation is 2. The SMILES string of the molecule is CCCCCCCCc1c(-c2cc(OC)ccc2OC)n(C(C)=O)c2cc3c(CCCCCCCC)c(-c4cc(OC)ccc4OC)n(C(C)=O)c3cc12. The van der Waals surface area contributed by atoms with Gasteiger partial charge in [-0.15, -0.1) is 0 Å². The number of benzene rings is 3. The van der Waals surface area contributed by atoms with Gasteiger partial charge in [-0.05, 0) is 85.3 Å². The van der Waals surface area contributed by atoms with E-state index in [-0.39, 0.29) is 11.8 Å². The van der Waals surface area contributed by atoms with E-state index in [1.54, 1.807) is 42.3 Å². The molecule has 0 aliphatic heterocycles. The van der Waals surface area contributed by atoms with Gasteiger partial charge < -0.3 is 18.9 Å². The normalized spacial score (nSPS) is 11.4. The van der Waals surface area contributed by atoms with E-state index < -0.39 is 0 Å². The molecule has 0 saturated heterocycles. The molecule has 5 rings (SSSR count). The van der Waals surface area contributed by atoms with Gasteiger partial charge in [-0.25, -0.2) is 0 Å². The quantitative estimate of drug-likeness (QED) is 0.0740. The summed E-state index contributed by atoms with van der Waals surface area (Å²) in [5, 5.41) is 1.92. The first-order valence-corrected chi connectivity index (χ1v) is 20.0. The summed E-state index contributed by atoms with van der Waals surface area (Å²) in [4.78, 5) is 27.9. The number of nitrogens with zero attached hydrogens (tertiary/aromatic N) is 2. The highest BCUT2D eigenvalue weighted by Crippen LogP contribution is 2.46. The Labute approximate surface area is 321 Å². The minimum atomic E-state index is -0.0911. The Morgan fingerprint density at radius 3 is 1.20 bits per heavy atom. The van der Waals surface area contributed by atoms with E-state index in [0.717, 1.165) is 94.0 Å². The van der Waals surface area contributed by atoms with Gasteiger partial charge in [0.05, 0.1) is 50.9 Å². The maximum Gasteiger partial charge on any atom is 0.228 e. The highest BCUT2D eigenvalue weighted by Gasteiger charge is 2.29. The number of methoxy groups -OCH3 is 4. The topological polar surface area (TPSA) is 80.9 Å². The first-order valence-electron chi connectivity index (χ1n) is 20.0. The van der Waals surface area contributed by atoms with Crippen molar-refractivity contribution in [1.82, 2.24) is 9.13 Å². The van der Waals surface area contributed by atoms with Gasteiger partial charge in [0.15, 0.2) is 0 Å². The summed E-state index contributed by atoms with van der Waals surface area (Å²) in [7, 11) is 6.62. The van der Waals surface area contributed by atoms with Crippen LogP contribution in [0.25, 0.3) is 44.3 Å². The fourth-order valence-electron chi connectivity index (χ4n) is 8.08. The Bertz CT molecular complexity index is 1920. The lowest BCUT2D eigenvalue weighted by atomic mass is 9.96. The molecule has 0 spiro atoms. The zero-order valence-electron chi connectivity index (χ0n) is 33.9. The lowest BCUT2D eigenvalue weighted by Crippen LogP contribution is -2.09. The fourth-order valence-corrected chi connectivity index (χ4v) is 8.08. The molecule has 54 heavy (non-hydrogen) atoms. The number of rotatable bonds is 20. The van der Waals surface area contributed by atoms with E-state index in [1.165, 1.54) is 51.4 Å². The van der Waals surface area contributed by atoms with E-state index in [0.29, 0.717) is 23.0 Å². The van der Waals surface area contributed by atoms with Crippen molar-refractivity contribution < 1.29 is 28.5 Å². The monoisotopic (exact) mass is 736 g/mol. The molecule has 0 saturated carbocycles. The molecule has 0 amide bonds. The van der Waals surface area contributed by atoms with Gasteiger partial charge in [-0.1, -0.05) is 78.1 Å². The van der Waals surface area contributed by atoms with Crippen LogP contribution in [0.4, 0.5) is 0 Å². The Balaban J connectivity index is 1.85. The minimum Gasteiger partial charge on any atom is -0.497 e. The van der Waals surface area contributed by atoms with Crippen LogP contribution < -0.4 is 18.9 Å². The number of fused-ring (bicyclic) bond motifs is 2. The Morgan fingerprint density at radius 1 is 0.500 bits per heavy atom. The molecule has 0 fully saturated rings. The van der Waals surface area contributed by atoms with Crippen molar-refractivity contribution >= 4 is 33.6 Å². The first-order chi connectivity index (χ1) is 26.2. The molecule has 0 unspecified atom stereocenters.